The molecule has 1 amide bonds. The maximum absolute atomic E-state index is 13.0. The molecule has 0 spiro atoms. The van der Waals surface area contributed by atoms with Gasteiger partial charge in [-0.15, -0.1) is 0 Å². The van der Waals surface area contributed by atoms with Crippen LogP contribution in [0.25, 0.3) is 22.1 Å². The fourth-order valence-electron chi connectivity index (χ4n) is 5.18. The van der Waals surface area contributed by atoms with Gasteiger partial charge in [-0.25, -0.2) is 15.0 Å². The average molecular weight is 512 g/mol. The molecule has 37 heavy (non-hydrogen) atoms. The molecule has 5 aromatic rings. The number of anilines is 1. The van der Waals surface area contributed by atoms with Crippen molar-refractivity contribution in [1.29, 1.82) is 0 Å². The van der Waals surface area contributed by atoms with Crippen LogP contribution >= 0.6 is 11.6 Å². The van der Waals surface area contributed by atoms with Crippen LogP contribution in [0.5, 0.6) is 0 Å². The molecule has 1 aliphatic rings. The van der Waals surface area contributed by atoms with E-state index in [0.717, 1.165) is 38.9 Å². The van der Waals surface area contributed by atoms with E-state index in [9.17, 15) is 4.79 Å². The first kappa shape index (κ1) is 23.4. The molecule has 0 aliphatic carbocycles. The first-order chi connectivity index (χ1) is 18.1. The van der Waals surface area contributed by atoms with Crippen LogP contribution in [-0.4, -0.2) is 61.9 Å². The highest BCUT2D eigenvalue weighted by Crippen LogP contribution is 2.40. The zero-order valence-electron chi connectivity index (χ0n) is 20.4. The van der Waals surface area contributed by atoms with Crippen LogP contribution in [0.3, 0.4) is 0 Å². The Hall–Kier alpha value is -4.04. The van der Waals surface area contributed by atoms with Crippen LogP contribution in [0.4, 0.5) is 5.69 Å². The molecule has 4 heterocycles. The number of halogens is 1. The lowest BCUT2D eigenvalue weighted by Crippen LogP contribution is -2.49. The first-order valence-corrected chi connectivity index (χ1v) is 12.8. The average Bonchev–Trinajstić information content (AvgIpc) is 3.43. The monoisotopic (exact) mass is 511 g/mol. The number of hydrogen-bond acceptors (Lipinski definition) is 6. The highest BCUT2D eigenvalue weighted by atomic mass is 35.5. The summed E-state index contributed by atoms with van der Waals surface area (Å²) in [7, 11) is 0. The molecule has 3 aromatic heterocycles. The lowest BCUT2D eigenvalue weighted by Gasteiger charge is -2.38. The predicted molar refractivity (Wildman–Crippen MR) is 145 cm³/mol. The fraction of sp³-hybridized carbons (Fsp3) is 0.250. The molecular weight excluding hydrogens is 486 g/mol. The Balaban J connectivity index is 1.33. The Bertz CT molecular complexity index is 1580. The Morgan fingerprint density at radius 1 is 1.03 bits per heavy atom. The maximum Gasteiger partial charge on any atom is 0.253 e. The molecule has 0 bridgehead atoms. The molecule has 1 fully saturated rings. The molecule has 1 aliphatic heterocycles. The number of pyridine rings is 1. The minimum Gasteiger partial charge on any atom is -0.366 e. The van der Waals surface area contributed by atoms with Gasteiger partial charge < -0.3 is 14.8 Å². The van der Waals surface area contributed by atoms with Gasteiger partial charge in [-0.1, -0.05) is 36.7 Å². The molecule has 0 saturated carbocycles. The molecule has 9 heteroatoms. The normalized spacial score (nSPS) is 14.9. The Labute approximate surface area is 219 Å². The number of hydrogen-bond donors (Lipinski definition) is 1. The van der Waals surface area contributed by atoms with Gasteiger partial charge in [-0.3, -0.25) is 9.78 Å². The van der Waals surface area contributed by atoms with Gasteiger partial charge in [-0.05, 0) is 48.2 Å². The number of aromatic amines is 1. The summed E-state index contributed by atoms with van der Waals surface area (Å²) < 4.78 is 0. The van der Waals surface area contributed by atoms with Crippen molar-refractivity contribution in [1.82, 2.24) is 29.8 Å². The third-order valence-corrected chi connectivity index (χ3v) is 7.39. The molecule has 8 nitrogen and oxygen atoms in total. The van der Waals surface area contributed by atoms with Crippen molar-refractivity contribution in [3.63, 3.8) is 0 Å². The number of piperazine rings is 1. The van der Waals surface area contributed by atoms with Gasteiger partial charge in [0.1, 0.15) is 11.8 Å². The SMILES string of the molecule is CC(Cc1ncnc2nc[nH]c12)c1cc(Cl)c2cccnc2c1N1CCN(C(=O)c2ccccc2)CC1. The third-order valence-electron chi connectivity index (χ3n) is 7.08. The molecule has 1 atom stereocenters. The summed E-state index contributed by atoms with van der Waals surface area (Å²) in [5.74, 6) is 0.171. The van der Waals surface area contributed by atoms with Crippen LogP contribution in [-0.2, 0) is 6.42 Å². The number of imidazole rings is 1. The fourth-order valence-corrected chi connectivity index (χ4v) is 5.45. The van der Waals surface area contributed by atoms with E-state index in [1.165, 1.54) is 0 Å². The van der Waals surface area contributed by atoms with Gasteiger partial charge in [0.05, 0.1) is 28.2 Å². The minimum atomic E-state index is 0.0697. The Morgan fingerprint density at radius 3 is 2.65 bits per heavy atom. The van der Waals surface area contributed by atoms with Crippen LogP contribution in [0.1, 0.15) is 34.5 Å². The van der Waals surface area contributed by atoms with E-state index < -0.39 is 0 Å². The second kappa shape index (κ2) is 9.78. The van der Waals surface area contributed by atoms with E-state index in [0.29, 0.717) is 43.3 Å². The molecule has 1 N–H and O–H groups in total. The lowest BCUT2D eigenvalue weighted by molar-refractivity contribution is 0.0747. The van der Waals surface area contributed by atoms with Gasteiger partial charge in [0.15, 0.2) is 5.65 Å². The zero-order chi connectivity index (χ0) is 25.4. The van der Waals surface area contributed by atoms with Gasteiger partial charge >= 0.3 is 0 Å². The predicted octanol–water partition coefficient (Wildman–Crippen LogP) is 4.86. The summed E-state index contributed by atoms with van der Waals surface area (Å²) in [6.45, 7) is 4.88. The van der Waals surface area contributed by atoms with Gasteiger partial charge in [0, 0.05) is 43.3 Å². The summed E-state index contributed by atoms with van der Waals surface area (Å²) in [5.41, 5.74) is 6.23. The van der Waals surface area contributed by atoms with E-state index in [1.807, 2.05) is 53.6 Å². The molecule has 1 saturated heterocycles. The highest BCUT2D eigenvalue weighted by molar-refractivity contribution is 6.36. The quantitative estimate of drug-likeness (QED) is 0.362. The van der Waals surface area contributed by atoms with Crippen molar-refractivity contribution in [3.05, 3.63) is 89.2 Å². The molecule has 0 radical (unpaired) electrons. The van der Waals surface area contributed by atoms with Crippen molar-refractivity contribution in [3.8, 4) is 0 Å². The second-order valence-corrected chi connectivity index (χ2v) is 9.77. The Morgan fingerprint density at radius 2 is 1.84 bits per heavy atom. The number of amides is 1. The number of fused-ring (bicyclic) bond motifs is 2. The Kier molecular flexibility index (Phi) is 6.18. The number of nitrogens with one attached hydrogen (secondary N) is 1. The van der Waals surface area contributed by atoms with E-state index in [2.05, 4.69) is 37.8 Å². The van der Waals surface area contributed by atoms with Crippen LogP contribution < -0.4 is 4.90 Å². The molecule has 1 unspecified atom stereocenters. The van der Waals surface area contributed by atoms with E-state index in [-0.39, 0.29) is 11.8 Å². The van der Waals surface area contributed by atoms with Gasteiger partial charge in [0.2, 0.25) is 0 Å². The second-order valence-electron chi connectivity index (χ2n) is 9.37. The van der Waals surface area contributed by atoms with Crippen molar-refractivity contribution in [2.45, 2.75) is 19.3 Å². The highest BCUT2D eigenvalue weighted by Gasteiger charge is 2.27. The molecular formula is C28H26ClN7O. The van der Waals surface area contributed by atoms with Crippen LogP contribution in [0.15, 0.2) is 67.4 Å². The van der Waals surface area contributed by atoms with Crippen molar-refractivity contribution in [2.24, 2.45) is 0 Å². The van der Waals surface area contributed by atoms with Crippen molar-refractivity contribution >= 4 is 45.3 Å². The van der Waals surface area contributed by atoms with E-state index in [4.69, 9.17) is 16.6 Å². The number of nitrogens with zero attached hydrogens (tertiary/aromatic N) is 6. The van der Waals surface area contributed by atoms with Crippen LogP contribution in [0, 0.1) is 0 Å². The van der Waals surface area contributed by atoms with E-state index in [1.54, 1.807) is 12.7 Å². The summed E-state index contributed by atoms with van der Waals surface area (Å²) in [5, 5.41) is 1.61. The number of aromatic nitrogens is 5. The lowest BCUT2D eigenvalue weighted by atomic mass is 9.92. The number of benzene rings is 2. The van der Waals surface area contributed by atoms with Gasteiger partial charge in [0.25, 0.3) is 5.91 Å². The minimum absolute atomic E-state index is 0.0697. The molecule has 2 aromatic carbocycles. The topological polar surface area (TPSA) is 90.9 Å². The molecule has 6 rings (SSSR count). The number of carbonyl (C=O) groups is 1. The van der Waals surface area contributed by atoms with E-state index >= 15 is 0 Å². The number of H-pyrrole nitrogens is 1. The summed E-state index contributed by atoms with van der Waals surface area (Å²) >= 11 is 6.78. The summed E-state index contributed by atoms with van der Waals surface area (Å²) in [6.07, 6.45) is 5.70. The molecule has 186 valence electrons. The largest absolute Gasteiger partial charge is 0.366 e. The smallest absolute Gasteiger partial charge is 0.253 e. The maximum atomic E-state index is 13.0. The third kappa shape index (κ3) is 4.38. The summed E-state index contributed by atoms with van der Waals surface area (Å²) in [6, 6.07) is 15.5. The van der Waals surface area contributed by atoms with Crippen molar-refractivity contribution < 1.29 is 4.79 Å². The first-order valence-electron chi connectivity index (χ1n) is 12.4. The summed E-state index contributed by atoms with van der Waals surface area (Å²) in [4.78, 5) is 38.3. The van der Waals surface area contributed by atoms with Crippen LogP contribution in [0.2, 0.25) is 5.02 Å². The zero-order valence-corrected chi connectivity index (χ0v) is 21.2. The number of carbonyl (C=O) groups excluding carboxylic acids is 1. The van der Waals surface area contributed by atoms with Gasteiger partial charge in [-0.2, -0.15) is 0 Å². The van der Waals surface area contributed by atoms with Crippen molar-refractivity contribution in [2.75, 3.05) is 31.1 Å². The number of rotatable bonds is 5. The standard InChI is InChI=1S/C28H26ClN7O/c1-18(14-23-25-27(33-16-31-23)34-17-32-25)21-15-22(29)20-8-5-9-30-24(20)26(21)35-10-12-36(13-11-35)28(37)19-6-3-2-4-7-19/h2-9,15-18H,10-14H2,1H3,(H,31,32,33,34).